The summed E-state index contributed by atoms with van der Waals surface area (Å²) in [5.74, 6) is 0.807. The first-order valence-electron chi connectivity index (χ1n) is 6.21. The van der Waals surface area contributed by atoms with E-state index in [0.29, 0.717) is 5.92 Å². The predicted molar refractivity (Wildman–Crippen MR) is 70.1 cm³/mol. The van der Waals surface area contributed by atoms with Gasteiger partial charge in [0.2, 0.25) is 5.91 Å². The largest absolute Gasteiger partial charge is 0.313 e. The van der Waals surface area contributed by atoms with Crippen molar-refractivity contribution in [2.45, 2.75) is 26.3 Å². The topological polar surface area (TPSA) is 32.3 Å². The van der Waals surface area contributed by atoms with Crippen LogP contribution in [0.25, 0.3) is 0 Å². The molecule has 1 aromatic rings. The Morgan fingerprint density at radius 1 is 1.35 bits per heavy atom. The molecule has 1 aliphatic heterocycles. The number of carbonyl (C=O) groups is 1. The first-order valence-corrected chi connectivity index (χ1v) is 6.21. The molecule has 1 atom stereocenters. The van der Waals surface area contributed by atoms with E-state index in [2.05, 4.69) is 19.2 Å². The van der Waals surface area contributed by atoms with E-state index in [1.54, 1.807) is 4.90 Å². The summed E-state index contributed by atoms with van der Waals surface area (Å²) in [5.41, 5.74) is 2.13. The van der Waals surface area contributed by atoms with E-state index in [1.807, 2.05) is 31.3 Å². The molecule has 1 aliphatic rings. The highest BCUT2D eigenvalue weighted by molar-refractivity contribution is 6.04. The summed E-state index contributed by atoms with van der Waals surface area (Å²) in [5, 5.41) is 3.36. The molecule has 0 bridgehead atoms. The van der Waals surface area contributed by atoms with Crippen LogP contribution in [0.5, 0.6) is 0 Å². The van der Waals surface area contributed by atoms with Gasteiger partial charge in [0.15, 0.2) is 0 Å². The number of amides is 1. The number of fused-ring (bicyclic) bond motifs is 1. The third kappa shape index (κ3) is 2.34. The van der Waals surface area contributed by atoms with Gasteiger partial charge in [-0.05, 0) is 24.9 Å². The van der Waals surface area contributed by atoms with E-state index in [-0.39, 0.29) is 11.9 Å². The number of benzene rings is 1. The van der Waals surface area contributed by atoms with Crippen LogP contribution in [0.4, 0.5) is 5.69 Å². The minimum absolute atomic E-state index is 0.148. The molecular weight excluding hydrogens is 212 g/mol. The highest BCUT2D eigenvalue weighted by atomic mass is 16.2. The average Bonchev–Trinajstić information content (AvgIpc) is 2.54. The minimum Gasteiger partial charge on any atom is -0.313 e. The monoisotopic (exact) mass is 232 g/mol. The van der Waals surface area contributed by atoms with Gasteiger partial charge in [0.1, 0.15) is 6.04 Å². The molecule has 17 heavy (non-hydrogen) atoms. The van der Waals surface area contributed by atoms with Gasteiger partial charge in [0.25, 0.3) is 0 Å². The molecule has 0 fully saturated rings. The van der Waals surface area contributed by atoms with Gasteiger partial charge in [-0.25, -0.2) is 0 Å². The maximum Gasteiger partial charge on any atom is 0.248 e. The fourth-order valence-electron chi connectivity index (χ4n) is 2.20. The van der Waals surface area contributed by atoms with E-state index in [0.717, 1.165) is 24.2 Å². The molecule has 1 N–H and O–H groups in total. The zero-order chi connectivity index (χ0) is 12.4. The number of para-hydroxylation sites is 1. The van der Waals surface area contributed by atoms with E-state index in [9.17, 15) is 4.79 Å². The van der Waals surface area contributed by atoms with Crippen molar-refractivity contribution >= 4 is 11.6 Å². The van der Waals surface area contributed by atoms with Gasteiger partial charge in [0.05, 0.1) is 0 Å². The van der Waals surface area contributed by atoms with Gasteiger partial charge in [-0.1, -0.05) is 32.0 Å². The molecule has 0 aromatic heterocycles. The highest BCUT2D eigenvalue weighted by Gasteiger charge is 2.34. The third-order valence-electron chi connectivity index (χ3n) is 3.26. The molecule has 1 amide bonds. The van der Waals surface area contributed by atoms with Crippen LogP contribution >= 0.6 is 0 Å². The van der Waals surface area contributed by atoms with E-state index in [1.165, 1.54) is 0 Å². The highest BCUT2D eigenvalue weighted by Crippen LogP contribution is 2.34. The maximum absolute atomic E-state index is 12.1. The van der Waals surface area contributed by atoms with Crippen molar-refractivity contribution in [1.29, 1.82) is 0 Å². The van der Waals surface area contributed by atoms with Crippen LogP contribution in [0, 0.1) is 5.92 Å². The lowest BCUT2D eigenvalue weighted by Gasteiger charge is -2.13. The predicted octanol–water partition coefficient (Wildman–Crippen LogP) is 2.34. The van der Waals surface area contributed by atoms with E-state index >= 15 is 0 Å². The van der Waals surface area contributed by atoms with Crippen molar-refractivity contribution < 1.29 is 4.79 Å². The normalized spacial score (nSPS) is 18.9. The van der Waals surface area contributed by atoms with Gasteiger partial charge in [-0.15, -0.1) is 0 Å². The van der Waals surface area contributed by atoms with Crippen LogP contribution in [-0.4, -0.2) is 19.5 Å². The Hall–Kier alpha value is -1.35. The number of likely N-dealkylation sites (N-methyl/N-ethyl adjacent to an activating group) is 1. The first kappa shape index (κ1) is 12.1. The van der Waals surface area contributed by atoms with Gasteiger partial charge in [-0.3, -0.25) is 4.79 Å². The minimum atomic E-state index is -0.157. The fraction of sp³-hybridized carbons (Fsp3) is 0.500. The first-order chi connectivity index (χ1) is 8.11. The van der Waals surface area contributed by atoms with Crippen LogP contribution in [0.3, 0.4) is 0 Å². The van der Waals surface area contributed by atoms with Gasteiger partial charge < -0.3 is 10.2 Å². The summed E-state index contributed by atoms with van der Waals surface area (Å²) < 4.78 is 0. The standard InChI is InChI=1S/C14H20N2O/c1-10(2)8-9-15-13-11-6-4-5-7-12(11)16(3)14(13)17/h4-7,10,13,15H,8-9H2,1-3H3. The third-order valence-corrected chi connectivity index (χ3v) is 3.26. The van der Waals surface area contributed by atoms with E-state index in [4.69, 9.17) is 0 Å². The maximum atomic E-state index is 12.1. The van der Waals surface area contributed by atoms with Crippen LogP contribution in [0.2, 0.25) is 0 Å². The number of rotatable bonds is 4. The van der Waals surface area contributed by atoms with Crippen LogP contribution in [0.15, 0.2) is 24.3 Å². The van der Waals surface area contributed by atoms with Crippen LogP contribution in [0.1, 0.15) is 31.9 Å². The second-order valence-corrected chi connectivity index (χ2v) is 5.03. The summed E-state index contributed by atoms with van der Waals surface area (Å²) in [6.07, 6.45) is 1.09. The Bertz CT molecular complexity index is 414. The Morgan fingerprint density at radius 3 is 2.76 bits per heavy atom. The Kier molecular flexibility index (Phi) is 3.48. The molecule has 1 unspecified atom stereocenters. The van der Waals surface area contributed by atoms with Crippen LogP contribution < -0.4 is 10.2 Å². The molecule has 0 saturated heterocycles. The van der Waals surface area contributed by atoms with Crippen molar-refractivity contribution in [1.82, 2.24) is 5.32 Å². The van der Waals surface area contributed by atoms with Crippen molar-refractivity contribution in [3.63, 3.8) is 0 Å². The van der Waals surface area contributed by atoms with Crippen molar-refractivity contribution in [3.8, 4) is 0 Å². The smallest absolute Gasteiger partial charge is 0.248 e. The summed E-state index contributed by atoms with van der Waals surface area (Å²) in [6.45, 7) is 5.27. The molecule has 3 heteroatoms. The molecule has 3 nitrogen and oxygen atoms in total. The molecule has 0 aliphatic carbocycles. The average molecular weight is 232 g/mol. The Balaban J connectivity index is 2.10. The molecule has 0 radical (unpaired) electrons. The molecular formula is C14H20N2O. The second kappa shape index (κ2) is 4.88. The number of anilines is 1. The van der Waals surface area contributed by atoms with Gasteiger partial charge in [0, 0.05) is 18.3 Å². The fourth-order valence-corrected chi connectivity index (χ4v) is 2.20. The zero-order valence-electron chi connectivity index (χ0n) is 10.7. The summed E-state index contributed by atoms with van der Waals surface area (Å²) in [6, 6.07) is 7.83. The second-order valence-electron chi connectivity index (χ2n) is 5.03. The SMILES string of the molecule is CC(C)CCNC1C(=O)N(C)c2ccccc21. The number of hydrogen-bond acceptors (Lipinski definition) is 2. The molecule has 2 rings (SSSR count). The lowest BCUT2D eigenvalue weighted by molar-refractivity contribution is -0.119. The number of hydrogen-bond donors (Lipinski definition) is 1. The summed E-state index contributed by atoms with van der Waals surface area (Å²) in [7, 11) is 1.84. The van der Waals surface area contributed by atoms with Crippen molar-refractivity contribution in [2.24, 2.45) is 5.92 Å². The van der Waals surface area contributed by atoms with E-state index < -0.39 is 0 Å². The van der Waals surface area contributed by atoms with Gasteiger partial charge in [-0.2, -0.15) is 0 Å². The molecule has 1 aromatic carbocycles. The quantitative estimate of drug-likeness (QED) is 0.864. The van der Waals surface area contributed by atoms with Crippen molar-refractivity contribution in [2.75, 3.05) is 18.5 Å². The summed E-state index contributed by atoms with van der Waals surface area (Å²) in [4.78, 5) is 13.8. The molecule has 0 saturated carbocycles. The van der Waals surface area contributed by atoms with Gasteiger partial charge >= 0.3 is 0 Å². The number of nitrogens with one attached hydrogen (secondary N) is 1. The number of carbonyl (C=O) groups excluding carboxylic acids is 1. The molecule has 1 heterocycles. The molecule has 92 valence electrons. The van der Waals surface area contributed by atoms with Crippen LogP contribution in [-0.2, 0) is 4.79 Å². The lowest BCUT2D eigenvalue weighted by Crippen LogP contribution is -2.33. The van der Waals surface area contributed by atoms with Crippen molar-refractivity contribution in [3.05, 3.63) is 29.8 Å². The Morgan fingerprint density at radius 2 is 2.06 bits per heavy atom. The number of nitrogens with zero attached hydrogens (tertiary/aromatic N) is 1. The Labute approximate surface area is 103 Å². The zero-order valence-corrected chi connectivity index (χ0v) is 10.7. The molecule has 0 spiro atoms. The lowest BCUT2D eigenvalue weighted by atomic mass is 10.1. The summed E-state index contributed by atoms with van der Waals surface area (Å²) >= 11 is 0.